The van der Waals surface area contributed by atoms with Crippen LogP contribution in [0.2, 0.25) is 0 Å². The number of likely N-dealkylation sites (N-methyl/N-ethyl adjacent to an activating group) is 1. The number of ether oxygens (including phenoxy) is 1. The molecule has 1 fully saturated rings. The Morgan fingerprint density at radius 1 is 1.30 bits per heavy atom. The molecule has 0 spiro atoms. The predicted molar refractivity (Wildman–Crippen MR) is 80.3 cm³/mol. The minimum atomic E-state index is -0.502. The molecule has 1 aliphatic rings. The Labute approximate surface area is 119 Å². The zero-order valence-corrected chi connectivity index (χ0v) is 12.1. The second-order valence-corrected chi connectivity index (χ2v) is 4.90. The number of anilines is 2. The zero-order chi connectivity index (χ0) is 14.7. The summed E-state index contributed by atoms with van der Waals surface area (Å²) in [5.41, 5.74) is 13.1. The fraction of sp³-hybridized carbons (Fsp3) is 0.500. The first-order valence-corrected chi connectivity index (χ1v) is 6.81. The molecule has 6 heteroatoms. The molecule has 0 radical (unpaired) electrons. The van der Waals surface area contributed by atoms with Crippen LogP contribution in [-0.4, -0.2) is 50.6 Å². The summed E-state index contributed by atoms with van der Waals surface area (Å²) < 4.78 is 5.38. The molecule has 1 aliphatic heterocycles. The van der Waals surface area contributed by atoms with Gasteiger partial charge in [0.25, 0.3) is 0 Å². The van der Waals surface area contributed by atoms with Crippen LogP contribution in [-0.2, 0) is 0 Å². The number of hydrogen-bond acceptors (Lipinski definition) is 5. The number of hydrogen-bond donors (Lipinski definition) is 2. The van der Waals surface area contributed by atoms with Crippen molar-refractivity contribution in [2.24, 2.45) is 5.73 Å². The fourth-order valence-corrected chi connectivity index (χ4v) is 2.55. The Bertz CT molecular complexity index is 496. The van der Waals surface area contributed by atoms with Gasteiger partial charge in [0.15, 0.2) is 0 Å². The van der Waals surface area contributed by atoms with Crippen LogP contribution in [0.5, 0.6) is 5.75 Å². The van der Waals surface area contributed by atoms with Crippen molar-refractivity contribution in [2.45, 2.75) is 6.92 Å². The van der Waals surface area contributed by atoms with E-state index in [4.69, 9.17) is 16.2 Å². The lowest BCUT2D eigenvalue weighted by Gasteiger charge is -2.36. The molecule has 1 amide bonds. The Hall–Kier alpha value is -1.95. The van der Waals surface area contributed by atoms with Crippen LogP contribution < -0.4 is 21.1 Å². The SMILES string of the molecule is CCN1CCN(c2c(N)cc(C(N)=O)cc2OC)CC1. The topological polar surface area (TPSA) is 84.8 Å². The van der Waals surface area contributed by atoms with Crippen molar-refractivity contribution in [3.05, 3.63) is 17.7 Å². The Morgan fingerprint density at radius 3 is 2.45 bits per heavy atom. The van der Waals surface area contributed by atoms with Crippen molar-refractivity contribution in [3.8, 4) is 5.75 Å². The number of primary amides is 1. The first kappa shape index (κ1) is 14.5. The third kappa shape index (κ3) is 2.80. The van der Waals surface area contributed by atoms with E-state index in [2.05, 4.69) is 16.7 Å². The maximum atomic E-state index is 11.3. The van der Waals surface area contributed by atoms with Gasteiger partial charge < -0.3 is 26.0 Å². The summed E-state index contributed by atoms with van der Waals surface area (Å²) in [6.45, 7) is 7.00. The molecular formula is C14H22N4O2. The van der Waals surface area contributed by atoms with Gasteiger partial charge in [0, 0.05) is 31.7 Å². The Kier molecular flexibility index (Phi) is 4.34. The Morgan fingerprint density at radius 2 is 1.95 bits per heavy atom. The van der Waals surface area contributed by atoms with E-state index < -0.39 is 5.91 Å². The van der Waals surface area contributed by atoms with Crippen LogP contribution in [0.1, 0.15) is 17.3 Å². The minimum absolute atomic E-state index is 0.371. The number of methoxy groups -OCH3 is 1. The molecule has 1 aromatic carbocycles. The van der Waals surface area contributed by atoms with Gasteiger partial charge in [-0.05, 0) is 18.7 Å². The smallest absolute Gasteiger partial charge is 0.248 e. The third-order valence-corrected chi connectivity index (χ3v) is 3.74. The number of nitrogens with zero attached hydrogens (tertiary/aromatic N) is 2. The second kappa shape index (κ2) is 6.00. The molecule has 0 atom stereocenters. The second-order valence-electron chi connectivity index (χ2n) is 4.90. The molecule has 20 heavy (non-hydrogen) atoms. The van der Waals surface area contributed by atoms with Crippen LogP contribution in [0.4, 0.5) is 11.4 Å². The number of nitrogens with two attached hydrogens (primary N) is 2. The van der Waals surface area contributed by atoms with E-state index in [0.717, 1.165) is 38.4 Å². The van der Waals surface area contributed by atoms with Gasteiger partial charge in [-0.25, -0.2) is 0 Å². The van der Waals surface area contributed by atoms with E-state index in [1.807, 2.05) is 0 Å². The van der Waals surface area contributed by atoms with Crippen molar-refractivity contribution in [3.63, 3.8) is 0 Å². The Balaban J connectivity index is 2.29. The number of amides is 1. The van der Waals surface area contributed by atoms with E-state index in [1.165, 1.54) is 0 Å². The molecule has 2 rings (SSSR count). The van der Waals surface area contributed by atoms with Crippen molar-refractivity contribution >= 4 is 17.3 Å². The number of benzene rings is 1. The van der Waals surface area contributed by atoms with Gasteiger partial charge in [-0.1, -0.05) is 6.92 Å². The van der Waals surface area contributed by atoms with Gasteiger partial charge in [-0.3, -0.25) is 4.79 Å². The van der Waals surface area contributed by atoms with E-state index >= 15 is 0 Å². The van der Waals surface area contributed by atoms with Gasteiger partial charge in [-0.2, -0.15) is 0 Å². The monoisotopic (exact) mass is 278 g/mol. The van der Waals surface area contributed by atoms with Crippen LogP contribution in [0, 0.1) is 0 Å². The molecular weight excluding hydrogens is 256 g/mol. The molecule has 110 valence electrons. The zero-order valence-electron chi connectivity index (χ0n) is 12.1. The van der Waals surface area contributed by atoms with Gasteiger partial charge in [0.2, 0.25) is 5.91 Å². The van der Waals surface area contributed by atoms with E-state index in [1.54, 1.807) is 19.2 Å². The highest BCUT2D eigenvalue weighted by Crippen LogP contribution is 2.36. The van der Waals surface area contributed by atoms with Gasteiger partial charge in [0.05, 0.1) is 12.8 Å². The van der Waals surface area contributed by atoms with E-state index in [9.17, 15) is 4.79 Å². The summed E-state index contributed by atoms with van der Waals surface area (Å²) in [5.74, 6) is 0.0982. The van der Waals surface area contributed by atoms with Crippen molar-refractivity contribution in [2.75, 3.05) is 50.5 Å². The average Bonchev–Trinajstić information content (AvgIpc) is 2.46. The summed E-state index contributed by atoms with van der Waals surface area (Å²) in [4.78, 5) is 15.9. The lowest BCUT2D eigenvalue weighted by Crippen LogP contribution is -2.46. The lowest BCUT2D eigenvalue weighted by atomic mass is 10.1. The minimum Gasteiger partial charge on any atom is -0.494 e. The molecule has 0 unspecified atom stereocenters. The highest BCUT2D eigenvalue weighted by Gasteiger charge is 2.22. The first-order chi connectivity index (χ1) is 9.56. The average molecular weight is 278 g/mol. The summed E-state index contributed by atoms with van der Waals surface area (Å²) in [5, 5.41) is 0. The van der Waals surface area contributed by atoms with Crippen LogP contribution in [0.25, 0.3) is 0 Å². The van der Waals surface area contributed by atoms with E-state index in [0.29, 0.717) is 17.0 Å². The quantitative estimate of drug-likeness (QED) is 0.784. The van der Waals surface area contributed by atoms with Gasteiger partial charge in [-0.15, -0.1) is 0 Å². The normalized spacial score (nSPS) is 16.2. The number of rotatable bonds is 4. The molecule has 0 aliphatic carbocycles. The fourth-order valence-electron chi connectivity index (χ4n) is 2.55. The van der Waals surface area contributed by atoms with Crippen molar-refractivity contribution < 1.29 is 9.53 Å². The molecule has 0 bridgehead atoms. The maximum Gasteiger partial charge on any atom is 0.248 e. The molecule has 1 saturated heterocycles. The molecule has 1 heterocycles. The van der Waals surface area contributed by atoms with Gasteiger partial charge in [0.1, 0.15) is 11.4 Å². The number of carbonyl (C=O) groups excluding carboxylic acids is 1. The summed E-state index contributed by atoms with van der Waals surface area (Å²) >= 11 is 0. The number of nitrogen functional groups attached to an aromatic ring is 1. The summed E-state index contributed by atoms with van der Waals surface area (Å²) in [7, 11) is 1.57. The van der Waals surface area contributed by atoms with Gasteiger partial charge >= 0.3 is 0 Å². The largest absolute Gasteiger partial charge is 0.494 e. The number of piperazine rings is 1. The number of carbonyl (C=O) groups is 1. The molecule has 0 saturated carbocycles. The first-order valence-electron chi connectivity index (χ1n) is 6.81. The predicted octanol–water partition coefficient (Wildman–Crippen LogP) is 0.518. The molecule has 6 nitrogen and oxygen atoms in total. The molecule has 1 aromatic rings. The van der Waals surface area contributed by atoms with Crippen LogP contribution in [0.3, 0.4) is 0 Å². The highest BCUT2D eigenvalue weighted by molar-refractivity contribution is 5.96. The third-order valence-electron chi connectivity index (χ3n) is 3.74. The van der Waals surface area contributed by atoms with E-state index in [-0.39, 0.29) is 0 Å². The van der Waals surface area contributed by atoms with Crippen molar-refractivity contribution in [1.29, 1.82) is 0 Å². The molecule has 4 N–H and O–H groups in total. The maximum absolute atomic E-state index is 11.3. The summed E-state index contributed by atoms with van der Waals surface area (Å²) in [6, 6.07) is 3.27. The molecule has 0 aromatic heterocycles. The standard InChI is InChI=1S/C14H22N4O2/c1-3-17-4-6-18(7-5-17)13-11(15)8-10(14(16)19)9-12(13)20-2/h8-9H,3-7,15H2,1-2H3,(H2,16,19). The lowest BCUT2D eigenvalue weighted by molar-refractivity contribution is 0.1000. The van der Waals surface area contributed by atoms with Crippen LogP contribution >= 0.6 is 0 Å². The van der Waals surface area contributed by atoms with Crippen LogP contribution in [0.15, 0.2) is 12.1 Å². The summed E-state index contributed by atoms with van der Waals surface area (Å²) in [6.07, 6.45) is 0. The highest BCUT2D eigenvalue weighted by atomic mass is 16.5. The van der Waals surface area contributed by atoms with Crippen molar-refractivity contribution in [1.82, 2.24) is 4.90 Å².